The lowest BCUT2D eigenvalue weighted by Crippen LogP contribution is -2.44. The molecule has 1 aromatic carbocycles. The number of rotatable bonds is 3. The van der Waals surface area contributed by atoms with Crippen LogP contribution in [0, 0.1) is 13.8 Å². The zero-order valence-electron chi connectivity index (χ0n) is 12.5. The second-order valence-electron chi connectivity index (χ2n) is 4.59. The van der Waals surface area contributed by atoms with Crippen molar-refractivity contribution in [3.63, 3.8) is 0 Å². The fourth-order valence-electron chi connectivity index (χ4n) is 1.87. The molecule has 3 N–H and O–H groups in total. The molecule has 0 unspecified atom stereocenters. The van der Waals surface area contributed by atoms with Crippen LogP contribution in [0.5, 0.6) is 5.75 Å². The maximum Gasteiger partial charge on any atom is 0.337 e. The number of amides is 3. The molecule has 0 aliphatic rings. The summed E-state index contributed by atoms with van der Waals surface area (Å²) in [6.07, 6.45) is 0. The van der Waals surface area contributed by atoms with Gasteiger partial charge in [-0.2, -0.15) is 0 Å². The van der Waals surface area contributed by atoms with Gasteiger partial charge in [0.1, 0.15) is 17.3 Å². The van der Waals surface area contributed by atoms with Gasteiger partial charge < -0.3 is 14.5 Å². The van der Waals surface area contributed by atoms with E-state index in [9.17, 15) is 9.59 Å². The first kappa shape index (κ1) is 15.4. The van der Waals surface area contributed by atoms with Crippen molar-refractivity contribution in [3.05, 3.63) is 47.4 Å². The molecular formula is C15H17N3O4. The molecule has 2 aromatic rings. The zero-order chi connectivity index (χ0) is 16.1. The quantitative estimate of drug-likeness (QED) is 0.759. The van der Waals surface area contributed by atoms with Gasteiger partial charge >= 0.3 is 6.03 Å². The van der Waals surface area contributed by atoms with Crippen molar-refractivity contribution in [1.82, 2.24) is 10.9 Å². The predicted octanol–water partition coefficient (Wildman–Crippen LogP) is 2.37. The summed E-state index contributed by atoms with van der Waals surface area (Å²) in [5.74, 6) is 1.36. The normalized spacial score (nSPS) is 9.95. The smallest absolute Gasteiger partial charge is 0.337 e. The van der Waals surface area contributed by atoms with Crippen molar-refractivity contribution >= 4 is 17.6 Å². The maximum atomic E-state index is 11.9. The molecule has 0 radical (unpaired) electrons. The molecule has 0 aliphatic carbocycles. The van der Waals surface area contributed by atoms with Gasteiger partial charge in [-0.25, -0.2) is 10.2 Å². The third-order valence-electron chi connectivity index (χ3n) is 2.92. The highest BCUT2D eigenvalue weighted by Crippen LogP contribution is 2.15. The van der Waals surface area contributed by atoms with Crippen molar-refractivity contribution in [2.24, 2.45) is 0 Å². The van der Waals surface area contributed by atoms with E-state index in [4.69, 9.17) is 9.15 Å². The number of anilines is 1. The molecule has 3 amide bonds. The van der Waals surface area contributed by atoms with Crippen LogP contribution in [-0.2, 0) is 0 Å². The minimum atomic E-state index is -0.559. The highest BCUT2D eigenvalue weighted by molar-refractivity contribution is 5.97. The Morgan fingerprint density at radius 2 is 1.77 bits per heavy atom. The summed E-state index contributed by atoms with van der Waals surface area (Å²) in [5, 5.41) is 2.58. The molecule has 7 nitrogen and oxygen atoms in total. The lowest BCUT2D eigenvalue weighted by molar-refractivity contribution is 0.0936. The molecule has 0 bridgehead atoms. The molecule has 0 saturated carbocycles. The molecule has 0 aliphatic heterocycles. The number of carbonyl (C=O) groups excluding carboxylic acids is 2. The molecule has 116 valence electrons. The summed E-state index contributed by atoms with van der Waals surface area (Å²) >= 11 is 0. The molecule has 0 atom stereocenters. The first-order valence-corrected chi connectivity index (χ1v) is 6.58. The topological polar surface area (TPSA) is 92.6 Å². The van der Waals surface area contributed by atoms with Crippen molar-refractivity contribution in [2.45, 2.75) is 13.8 Å². The molecule has 2 rings (SSSR count). The number of nitrogens with one attached hydrogen (secondary N) is 3. The standard InChI is InChI=1S/C15H17N3O4/c1-9-8-13(10(2)22-9)14(19)17-18-15(20)16-11-4-6-12(21-3)7-5-11/h4-8H,1-3H3,(H,17,19)(H2,16,18,20). The Bertz CT molecular complexity index is 677. The molecule has 7 heteroatoms. The SMILES string of the molecule is COc1ccc(NC(=O)NNC(=O)c2cc(C)oc2C)cc1. The largest absolute Gasteiger partial charge is 0.497 e. The van der Waals surface area contributed by atoms with Gasteiger partial charge in [0.2, 0.25) is 0 Å². The highest BCUT2D eigenvalue weighted by Gasteiger charge is 2.14. The van der Waals surface area contributed by atoms with Gasteiger partial charge in [-0.15, -0.1) is 0 Å². The van der Waals surface area contributed by atoms with E-state index < -0.39 is 11.9 Å². The number of hydrogen-bond acceptors (Lipinski definition) is 4. The summed E-state index contributed by atoms with van der Waals surface area (Å²) in [7, 11) is 1.56. The number of methoxy groups -OCH3 is 1. The van der Waals surface area contributed by atoms with Crippen LogP contribution in [0.4, 0.5) is 10.5 Å². The average molecular weight is 303 g/mol. The number of furan rings is 1. The van der Waals surface area contributed by atoms with Crippen LogP contribution < -0.4 is 20.9 Å². The van der Waals surface area contributed by atoms with Crippen molar-refractivity contribution in [3.8, 4) is 5.75 Å². The minimum Gasteiger partial charge on any atom is -0.497 e. The number of hydrogen-bond donors (Lipinski definition) is 3. The Hall–Kier alpha value is -2.96. The van der Waals surface area contributed by atoms with Gasteiger partial charge in [0.25, 0.3) is 5.91 Å². The van der Waals surface area contributed by atoms with Crippen LogP contribution in [0.2, 0.25) is 0 Å². The number of carbonyl (C=O) groups is 2. The molecule has 0 fully saturated rings. The molecular weight excluding hydrogens is 286 g/mol. The second kappa shape index (κ2) is 6.66. The van der Waals surface area contributed by atoms with Crippen LogP contribution in [0.25, 0.3) is 0 Å². The first-order chi connectivity index (χ1) is 10.5. The van der Waals surface area contributed by atoms with Gasteiger partial charge in [-0.05, 0) is 44.2 Å². The number of urea groups is 1. The van der Waals surface area contributed by atoms with Gasteiger partial charge in [-0.1, -0.05) is 0 Å². The second-order valence-corrected chi connectivity index (χ2v) is 4.59. The van der Waals surface area contributed by atoms with Crippen molar-refractivity contribution in [2.75, 3.05) is 12.4 Å². The van der Waals surface area contributed by atoms with E-state index in [1.807, 2.05) is 0 Å². The van der Waals surface area contributed by atoms with E-state index >= 15 is 0 Å². The van der Waals surface area contributed by atoms with Crippen LogP contribution >= 0.6 is 0 Å². The third-order valence-corrected chi connectivity index (χ3v) is 2.92. The maximum absolute atomic E-state index is 11.9. The number of hydrazine groups is 1. The van der Waals surface area contributed by atoms with Gasteiger partial charge in [0.05, 0.1) is 12.7 Å². The summed E-state index contributed by atoms with van der Waals surface area (Å²) in [4.78, 5) is 23.6. The van der Waals surface area contributed by atoms with Crippen molar-refractivity contribution < 1.29 is 18.7 Å². The Morgan fingerprint density at radius 3 is 2.32 bits per heavy atom. The molecule has 1 aromatic heterocycles. The predicted molar refractivity (Wildman–Crippen MR) is 80.8 cm³/mol. The number of benzene rings is 1. The zero-order valence-corrected chi connectivity index (χ0v) is 12.5. The summed E-state index contributed by atoms with van der Waals surface area (Å²) in [6.45, 7) is 3.42. The third kappa shape index (κ3) is 3.78. The van der Waals surface area contributed by atoms with Crippen LogP contribution in [-0.4, -0.2) is 19.0 Å². The van der Waals surface area contributed by atoms with Gasteiger partial charge in [-0.3, -0.25) is 10.2 Å². The van der Waals surface area contributed by atoms with E-state index in [0.29, 0.717) is 28.5 Å². The highest BCUT2D eigenvalue weighted by atomic mass is 16.5. The summed E-state index contributed by atoms with van der Waals surface area (Å²) < 4.78 is 10.3. The Balaban J connectivity index is 1.87. The molecule has 0 saturated heterocycles. The van der Waals surface area contributed by atoms with Crippen LogP contribution in [0.15, 0.2) is 34.7 Å². The van der Waals surface area contributed by atoms with E-state index in [1.54, 1.807) is 51.3 Å². The van der Waals surface area contributed by atoms with E-state index in [0.717, 1.165) is 0 Å². The minimum absolute atomic E-state index is 0.377. The van der Waals surface area contributed by atoms with Gasteiger partial charge in [0, 0.05) is 5.69 Å². The summed E-state index contributed by atoms with van der Waals surface area (Å²) in [5.41, 5.74) is 5.53. The average Bonchev–Trinajstić information content (AvgIpc) is 2.84. The fraction of sp³-hybridized carbons (Fsp3) is 0.200. The number of aryl methyl sites for hydroxylation is 2. The lowest BCUT2D eigenvalue weighted by Gasteiger charge is -2.09. The monoisotopic (exact) mass is 303 g/mol. The lowest BCUT2D eigenvalue weighted by atomic mass is 10.2. The van der Waals surface area contributed by atoms with Crippen LogP contribution in [0.3, 0.4) is 0 Å². The van der Waals surface area contributed by atoms with E-state index in [1.165, 1.54) is 0 Å². The Labute approximate surface area is 127 Å². The fourth-order valence-corrected chi connectivity index (χ4v) is 1.87. The van der Waals surface area contributed by atoms with E-state index in [2.05, 4.69) is 16.2 Å². The number of ether oxygens (including phenoxy) is 1. The summed E-state index contributed by atoms with van der Waals surface area (Å²) in [6, 6.07) is 7.84. The Kier molecular flexibility index (Phi) is 4.67. The Morgan fingerprint density at radius 1 is 1.09 bits per heavy atom. The molecule has 1 heterocycles. The first-order valence-electron chi connectivity index (χ1n) is 6.58. The van der Waals surface area contributed by atoms with Crippen LogP contribution in [0.1, 0.15) is 21.9 Å². The molecule has 0 spiro atoms. The van der Waals surface area contributed by atoms with Crippen molar-refractivity contribution in [1.29, 1.82) is 0 Å². The molecule has 22 heavy (non-hydrogen) atoms. The van der Waals surface area contributed by atoms with E-state index in [-0.39, 0.29) is 0 Å². The van der Waals surface area contributed by atoms with Gasteiger partial charge in [0.15, 0.2) is 0 Å².